The van der Waals surface area contributed by atoms with Gasteiger partial charge in [0.2, 0.25) is 0 Å². The van der Waals surface area contributed by atoms with Gasteiger partial charge < -0.3 is 20.1 Å². The smallest absolute Gasteiger partial charge is 0.337 e. The van der Waals surface area contributed by atoms with E-state index in [2.05, 4.69) is 20.7 Å². The van der Waals surface area contributed by atoms with E-state index in [0.29, 0.717) is 4.47 Å². The number of methoxy groups -OCH3 is 1. The molecule has 0 heterocycles. The van der Waals surface area contributed by atoms with Gasteiger partial charge in [0, 0.05) is 10.0 Å². The first-order valence-electron chi connectivity index (χ1n) is 4.39. The summed E-state index contributed by atoms with van der Waals surface area (Å²) in [6.07, 6.45) is -3.27. The Morgan fingerprint density at radius 3 is 2.62 bits per heavy atom. The van der Waals surface area contributed by atoms with Gasteiger partial charge in [0.15, 0.2) is 6.10 Å². The summed E-state index contributed by atoms with van der Waals surface area (Å²) < 4.78 is 4.89. The lowest BCUT2D eigenvalue weighted by Gasteiger charge is -2.17. The Morgan fingerprint density at radius 1 is 1.44 bits per heavy atom. The van der Waals surface area contributed by atoms with Gasteiger partial charge in [-0.25, -0.2) is 4.79 Å². The second-order valence-electron chi connectivity index (χ2n) is 3.12. The van der Waals surface area contributed by atoms with Crippen LogP contribution in [0.2, 0.25) is 0 Å². The predicted molar refractivity (Wildman–Crippen MR) is 58.8 cm³/mol. The third-order valence-corrected chi connectivity index (χ3v) is 2.54. The maximum atomic E-state index is 11.0. The van der Waals surface area contributed by atoms with Crippen molar-refractivity contribution in [2.45, 2.75) is 12.2 Å². The number of benzene rings is 1. The van der Waals surface area contributed by atoms with E-state index in [4.69, 9.17) is 0 Å². The lowest BCUT2D eigenvalue weighted by Crippen LogP contribution is -2.29. The fraction of sp³-hybridized carbons (Fsp3) is 0.300. The molecular formula is C10H11BrO5. The van der Waals surface area contributed by atoms with Gasteiger partial charge in [-0.3, -0.25) is 0 Å². The van der Waals surface area contributed by atoms with Crippen LogP contribution in [0.1, 0.15) is 11.7 Å². The van der Waals surface area contributed by atoms with Gasteiger partial charge in [0.1, 0.15) is 11.9 Å². The molecule has 0 aliphatic rings. The van der Waals surface area contributed by atoms with Crippen LogP contribution in [-0.4, -0.2) is 34.5 Å². The summed E-state index contributed by atoms with van der Waals surface area (Å²) in [6, 6.07) is 4.31. The first kappa shape index (κ1) is 13.0. The minimum Gasteiger partial charge on any atom is -0.508 e. The second-order valence-corrected chi connectivity index (χ2v) is 4.03. The van der Waals surface area contributed by atoms with Gasteiger partial charge in [0.05, 0.1) is 7.11 Å². The average molecular weight is 291 g/mol. The van der Waals surface area contributed by atoms with Crippen molar-refractivity contribution in [2.24, 2.45) is 0 Å². The largest absolute Gasteiger partial charge is 0.508 e. The molecule has 0 bridgehead atoms. The quantitative estimate of drug-likeness (QED) is 0.714. The van der Waals surface area contributed by atoms with E-state index in [-0.39, 0.29) is 11.3 Å². The molecule has 0 saturated heterocycles. The van der Waals surface area contributed by atoms with Crippen molar-refractivity contribution >= 4 is 21.9 Å². The number of esters is 1. The number of carbonyl (C=O) groups excluding carboxylic acids is 1. The molecule has 2 unspecified atom stereocenters. The van der Waals surface area contributed by atoms with E-state index in [0.717, 1.165) is 7.11 Å². The number of rotatable bonds is 3. The molecular weight excluding hydrogens is 280 g/mol. The first-order valence-corrected chi connectivity index (χ1v) is 5.19. The molecule has 5 nitrogen and oxygen atoms in total. The molecule has 0 aliphatic heterocycles. The molecule has 1 rings (SSSR count). The number of aliphatic hydroxyl groups is 2. The van der Waals surface area contributed by atoms with Crippen LogP contribution < -0.4 is 0 Å². The number of phenolic OH excluding ortho intramolecular Hbond substituents is 1. The predicted octanol–water partition coefficient (Wildman–Crippen LogP) is 0.722. The van der Waals surface area contributed by atoms with Gasteiger partial charge in [-0.1, -0.05) is 15.9 Å². The minimum absolute atomic E-state index is 0.0484. The van der Waals surface area contributed by atoms with Gasteiger partial charge in [-0.15, -0.1) is 0 Å². The molecule has 0 aromatic heterocycles. The molecule has 0 spiro atoms. The zero-order valence-corrected chi connectivity index (χ0v) is 10.0. The van der Waals surface area contributed by atoms with Gasteiger partial charge in [0.25, 0.3) is 0 Å². The molecule has 3 N–H and O–H groups in total. The average Bonchev–Trinajstić information content (AvgIpc) is 2.29. The monoisotopic (exact) mass is 290 g/mol. The Balaban J connectivity index is 2.99. The van der Waals surface area contributed by atoms with Crippen LogP contribution in [-0.2, 0) is 9.53 Å². The van der Waals surface area contributed by atoms with Crippen LogP contribution in [0.25, 0.3) is 0 Å². The maximum Gasteiger partial charge on any atom is 0.337 e. The van der Waals surface area contributed by atoms with Crippen molar-refractivity contribution in [3.63, 3.8) is 0 Å². The molecule has 6 heteroatoms. The highest BCUT2D eigenvalue weighted by atomic mass is 79.9. The van der Waals surface area contributed by atoms with Crippen LogP contribution >= 0.6 is 15.9 Å². The van der Waals surface area contributed by atoms with E-state index < -0.39 is 18.2 Å². The Morgan fingerprint density at radius 2 is 2.06 bits per heavy atom. The Labute approximate surface area is 100 Å². The molecule has 1 aromatic rings. The number of hydrogen-bond donors (Lipinski definition) is 3. The summed E-state index contributed by atoms with van der Waals surface area (Å²) >= 11 is 3.15. The zero-order valence-electron chi connectivity index (χ0n) is 8.42. The number of carbonyl (C=O) groups is 1. The van der Waals surface area contributed by atoms with E-state index >= 15 is 0 Å². The Kier molecular flexibility index (Phi) is 4.28. The lowest BCUT2D eigenvalue weighted by atomic mass is 10.0. The van der Waals surface area contributed by atoms with E-state index in [9.17, 15) is 20.1 Å². The zero-order chi connectivity index (χ0) is 12.3. The maximum absolute atomic E-state index is 11.0. The van der Waals surface area contributed by atoms with Crippen molar-refractivity contribution in [2.75, 3.05) is 7.11 Å². The summed E-state index contributed by atoms with van der Waals surface area (Å²) in [7, 11) is 1.10. The summed E-state index contributed by atoms with van der Waals surface area (Å²) in [5, 5.41) is 28.5. The van der Waals surface area contributed by atoms with Crippen molar-refractivity contribution in [1.82, 2.24) is 0 Å². The van der Waals surface area contributed by atoms with Crippen molar-refractivity contribution in [1.29, 1.82) is 0 Å². The highest BCUT2D eigenvalue weighted by Gasteiger charge is 2.28. The summed E-state index contributed by atoms with van der Waals surface area (Å²) in [6.45, 7) is 0. The topological polar surface area (TPSA) is 87.0 Å². The van der Waals surface area contributed by atoms with Crippen molar-refractivity contribution < 1.29 is 24.9 Å². The lowest BCUT2D eigenvalue weighted by molar-refractivity contribution is -0.156. The van der Waals surface area contributed by atoms with Crippen LogP contribution in [0.5, 0.6) is 5.75 Å². The molecule has 2 atom stereocenters. The number of aliphatic hydroxyl groups excluding tert-OH is 2. The standard InChI is InChI=1S/C10H11BrO5/c1-16-10(15)9(14)8(13)6-4-5(11)2-3-7(6)12/h2-4,8-9,12-14H,1H3. The second kappa shape index (κ2) is 5.29. The van der Waals surface area contributed by atoms with Crippen molar-refractivity contribution in [3.8, 4) is 5.75 Å². The SMILES string of the molecule is COC(=O)C(O)C(O)c1cc(Br)ccc1O. The third kappa shape index (κ3) is 2.72. The fourth-order valence-electron chi connectivity index (χ4n) is 1.18. The van der Waals surface area contributed by atoms with Crippen LogP contribution in [0, 0.1) is 0 Å². The number of ether oxygens (including phenoxy) is 1. The minimum atomic E-state index is -1.73. The fourth-order valence-corrected chi connectivity index (χ4v) is 1.56. The highest BCUT2D eigenvalue weighted by Crippen LogP contribution is 2.29. The molecule has 1 aromatic carbocycles. The highest BCUT2D eigenvalue weighted by molar-refractivity contribution is 9.10. The normalized spacial score (nSPS) is 14.2. The summed E-state index contributed by atoms with van der Waals surface area (Å²) in [4.78, 5) is 11.0. The number of halogens is 1. The van der Waals surface area contributed by atoms with Gasteiger partial charge >= 0.3 is 5.97 Å². The van der Waals surface area contributed by atoms with Gasteiger partial charge in [-0.05, 0) is 18.2 Å². The molecule has 16 heavy (non-hydrogen) atoms. The van der Waals surface area contributed by atoms with E-state index in [1.54, 1.807) is 6.07 Å². The molecule has 0 aliphatic carbocycles. The Bertz CT molecular complexity index is 393. The Hall–Kier alpha value is -1.11. The van der Waals surface area contributed by atoms with Crippen LogP contribution in [0.3, 0.4) is 0 Å². The van der Waals surface area contributed by atoms with E-state index in [1.807, 2.05) is 0 Å². The molecule has 88 valence electrons. The molecule has 0 saturated carbocycles. The number of aromatic hydroxyl groups is 1. The van der Waals surface area contributed by atoms with Gasteiger partial charge in [-0.2, -0.15) is 0 Å². The van der Waals surface area contributed by atoms with E-state index in [1.165, 1.54) is 12.1 Å². The molecule has 0 fully saturated rings. The summed E-state index contributed by atoms with van der Waals surface area (Å²) in [5.74, 6) is -1.18. The van der Waals surface area contributed by atoms with Crippen molar-refractivity contribution in [3.05, 3.63) is 28.2 Å². The third-order valence-electron chi connectivity index (χ3n) is 2.05. The molecule has 0 radical (unpaired) electrons. The molecule has 0 amide bonds. The van der Waals surface area contributed by atoms with Crippen LogP contribution in [0.4, 0.5) is 0 Å². The summed E-state index contributed by atoms with van der Waals surface area (Å²) in [5.41, 5.74) is 0.0484. The first-order chi connectivity index (χ1) is 7.47. The van der Waals surface area contributed by atoms with Crippen LogP contribution in [0.15, 0.2) is 22.7 Å². The number of hydrogen-bond acceptors (Lipinski definition) is 5. The number of phenols is 1.